The zero-order valence-electron chi connectivity index (χ0n) is 10.0. The van der Waals surface area contributed by atoms with Crippen molar-refractivity contribution in [3.8, 4) is 0 Å². The largest absolute Gasteiger partial charge is 0.370 e. The van der Waals surface area contributed by atoms with Crippen LogP contribution in [0, 0.1) is 0 Å². The topological polar surface area (TPSA) is 89.3 Å². The maximum atomic E-state index is 12.0. The second-order valence-electron chi connectivity index (χ2n) is 3.90. The Morgan fingerprint density at radius 2 is 1.95 bits per heavy atom. The minimum atomic E-state index is -3.56. The van der Waals surface area contributed by atoms with Crippen LogP contribution in [0.25, 0.3) is 0 Å². The summed E-state index contributed by atoms with van der Waals surface area (Å²) in [6.07, 6.45) is 1.40. The average Bonchev–Trinajstić information content (AvgIpc) is 2.31. The number of rotatable bonds is 7. The molecule has 0 atom stereocenters. The highest BCUT2D eigenvalue weighted by molar-refractivity contribution is 9.11. The molecule has 0 bridgehead atoms. The Hall–Kier alpha value is -0.440. The van der Waals surface area contributed by atoms with E-state index in [1.54, 1.807) is 12.1 Å². The summed E-state index contributed by atoms with van der Waals surface area (Å²) in [5, 5.41) is 0. The third kappa shape index (κ3) is 5.60. The summed E-state index contributed by atoms with van der Waals surface area (Å²) in [4.78, 5) is 10.7. The molecule has 0 spiro atoms. The van der Waals surface area contributed by atoms with E-state index >= 15 is 0 Å². The Labute approximate surface area is 129 Å². The number of unbranched alkanes of at least 4 members (excludes halogenated alkanes) is 1. The van der Waals surface area contributed by atoms with E-state index in [0.717, 1.165) is 0 Å². The lowest BCUT2D eigenvalue weighted by Gasteiger charge is -2.08. The fourth-order valence-corrected chi connectivity index (χ4v) is 3.97. The summed E-state index contributed by atoms with van der Waals surface area (Å²) in [6, 6.07) is 4.93. The quantitative estimate of drug-likeness (QED) is 0.671. The lowest BCUT2D eigenvalue weighted by atomic mass is 10.2. The number of hydrogen-bond donors (Lipinski definition) is 2. The summed E-state index contributed by atoms with van der Waals surface area (Å²) in [7, 11) is -3.56. The van der Waals surface area contributed by atoms with Crippen molar-refractivity contribution in [1.82, 2.24) is 4.72 Å². The van der Waals surface area contributed by atoms with E-state index in [1.165, 1.54) is 6.07 Å². The molecule has 0 saturated heterocycles. The van der Waals surface area contributed by atoms with Crippen LogP contribution in [0.5, 0.6) is 0 Å². The minimum absolute atomic E-state index is 0.178. The maximum Gasteiger partial charge on any atom is 0.241 e. The number of nitrogens with two attached hydrogens (primary N) is 1. The van der Waals surface area contributed by atoms with Gasteiger partial charge in [0.1, 0.15) is 0 Å². The van der Waals surface area contributed by atoms with E-state index in [0.29, 0.717) is 21.8 Å². The molecular formula is C11H14Br2N2O3S. The molecule has 0 heterocycles. The lowest BCUT2D eigenvalue weighted by Crippen LogP contribution is -2.25. The number of nitrogens with one attached hydrogen (secondary N) is 1. The molecule has 1 aromatic rings. The van der Waals surface area contributed by atoms with Gasteiger partial charge in [0.05, 0.1) is 4.90 Å². The van der Waals surface area contributed by atoms with Gasteiger partial charge in [-0.25, -0.2) is 13.1 Å². The summed E-state index contributed by atoms with van der Waals surface area (Å²) >= 11 is 6.44. The molecule has 1 rings (SSSR count). The van der Waals surface area contributed by atoms with E-state index < -0.39 is 10.0 Å². The molecule has 0 aliphatic rings. The highest BCUT2D eigenvalue weighted by Gasteiger charge is 2.17. The molecule has 0 fully saturated rings. The Kier molecular flexibility index (Phi) is 6.45. The van der Waals surface area contributed by atoms with Crippen molar-refractivity contribution in [2.45, 2.75) is 24.2 Å². The molecule has 0 aromatic heterocycles. The Morgan fingerprint density at radius 1 is 1.26 bits per heavy atom. The van der Waals surface area contributed by atoms with E-state index in [2.05, 4.69) is 36.6 Å². The first kappa shape index (κ1) is 16.6. The van der Waals surface area contributed by atoms with Crippen LogP contribution in [0.15, 0.2) is 32.0 Å². The molecular weight excluding hydrogens is 400 g/mol. The van der Waals surface area contributed by atoms with Crippen molar-refractivity contribution in [3.05, 3.63) is 27.1 Å². The smallest absolute Gasteiger partial charge is 0.241 e. The van der Waals surface area contributed by atoms with Gasteiger partial charge in [0, 0.05) is 21.9 Å². The molecule has 0 saturated carbocycles. The molecule has 1 aromatic carbocycles. The molecule has 0 unspecified atom stereocenters. The van der Waals surface area contributed by atoms with Gasteiger partial charge < -0.3 is 5.73 Å². The van der Waals surface area contributed by atoms with Crippen LogP contribution in [0.2, 0.25) is 0 Å². The second-order valence-corrected chi connectivity index (χ2v) is 7.40. The van der Waals surface area contributed by atoms with Gasteiger partial charge in [-0.05, 0) is 47.0 Å². The van der Waals surface area contributed by atoms with E-state index in [9.17, 15) is 13.2 Å². The molecule has 8 heteroatoms. The summed E-state index contributed by atoms with van der Waals surface area (Å²) in [5.41, 5.74) is 5.00. The van der Waals surface area contributed by atoms with Crippen LogP contribution < -0.4 is 10.5 Å². The van der Waals surface area contributed by atoms with Crippen molar-refractivity contribution in [3.63, 3.8) is 0 Å². The molecule has 0 aliphatic heterocycles. The number of amides is 1. The fourth-order valence-electron chi connectivity index (χ4n) is 1.39. The highest BCUT2D eigenvalue weighted by Crippen LogP contribution is 2.25. The van der Waals surface area contributed by atoms with Gasteiger partial charge in [-0.1, -0.05) is 15.9 Å². The van der Waals surface area contributed by atoms with Gasteiger partial charge in [0.2, 0.25) is 15.9 Å². The van der Waals surface area contributed by atoms with E-state index in [4.69, 9.17) is 5.73 Å². The number of halogens is 2. The molecule has 1 amide bonds. The summed E-state index contributed by atoms with van der Waals surface area (Å²) < 4.78 is 27.8. The van der Waals surface area contributed by atoms with Crippen molar-refractivity contribution >= 4 is 47.8 Å². The number of hydrogen-bond acceptors (Lipinski definition) is 3. The van der Waals surface area contributed by atoms with E-state index in [1.807, 2.05) is 0 Å². The molecule has 106 valence electrons. The van der Waals surface area contributed by atoms with Crippen molar-refractivity contribution < 1.29 is 13.2 Å². The first-order chi connectivity index (χ1) is 8.83. The van der Waals surface area contributed by atoms with Crippen LogP contribution >= 0.6 is 31.9 Å². The van der Waals surface area contributed by atoms with Crippen LogP contribution in [-0.2, 0) is 14.8 Å². The van der Waals surface area contributed by atoms with Gasteiger partial charge in [0.25, 0.3) is 0 Å². The van der Waals surface area contributed by atoms with Gasteiger partial charge in [-0.2, -0.15) is 0 Å². The van der Waals surface area contributed by atoms with Crippen molar-refractivity contribution in [2.24, 2.45) is 5.73 Å². The van der Waals surface area contributed by atoms with Crippen LogP contribution in [0.4, 0.5) is 0 Å². The molecule has 5 nitrogen and oxygen atoms in total. The van der Waals surface area contributed by atoms with Crippen molar-refractivity contribution in [2.75, 3.05) is 6.54 Å². The second kappa shape index (κ2) is 7.37. The van der Waals surface area contributed by atoms with E-state index in [-0.39, 0.29) is 23.8 Å². The van der Waals surface area contributed by atoms with Gasteiger partial charge in [-0.3, -0.25) is 4.79 Å². The monoisotopic (exact) mass is 412 g/mol. The third-order valence-corrected chi connectivity index (χ3v) is 5.27. The number of carbonyl (C=O) groups excluding carboxylic acids is 1. The number of carbonyl (C=O) groups is 1. The Balaban J connectivity index is 2.61. The molecule has 0 aliphatic carbocycles. The Bertz CT molecular complexity index is 561. The summed E-state index contributed by atoms with van der Waals surface area (Å²) in [6.45, 7) is 0.272. The van der Waals surface area contributed by atoms with Crippen LogP contribution in [0.1, 0.15) is 19.3 Å². The molecule has 0 radical (unpaired) electrons. The zero-order valence-corrected chi connectivity index (χ0v) is 14.0. The summed E-state index contributed by atoms with van der Waals surface area (Å²) in [5.74, 6) is -0.377. The normalized spacial score (nSPS) is 11.5. The predicted octanol–water partition coefficient (Wildman–Crippen LogP) is 2.15. The van der Waals surface area contributed by atoms with Crippen LogP contribution in [0.3, 0.4) is 0 Å². The van der Waals surface area contributed by atoms with Gasteiger partial charge in [0.15, 0.2) is 0 Å². The fraction of sp³-hybridized carbons (Fsp3) is 0.364. The standard InChI is InChI=1S/C11H14Br2N2O3S/c12-8-4-5-9(13)10(7-8)19(17,18)15-6-2-1-3-11(14)16/h4-5,7,15H,1-3,6H2,(H2,14,16). The third-order valence-electron chi connectivity index (χ3n) is 2.32. The first-order valence-electron chi connectivity index (χ1n) is 5.56. The zero-order chi connectivity index (χ0) is 14.5. The average molecular weight is 414 g/mol. The maximum absolute atomic E-state index is 12.0. The number of benzene rings is 1. The predicted molar refractivity (Wildman–Crippen MR) is 80.1 cm³/mol. The highest BCUT2D eigenvalue weighted by atomic mass is 79.9. The van der Waals surface area contributed by atoms with Gasteiger partial charge in [-0.15, -0.1) is 0 Å². The molecule has 19 heavy (non-hydrogen) atoms. The van der Waals surface area contributed by atoms with Gasteiger partial charge >= 0.3 is 0 Å². The number of primary amides is 1. The Morgan fingerprint density at radius 3 is 2.58 bits per heavy atom. The number of sulfonamides is 1. The lowest BCUT2D eigenvalue weighted by molar-refractivity contribution is -0.118. The van der Waals surface area contributed by atoms with Crippen LogP contribution in [-0.4, -0.2) is 20.9 Å². The van der Waals surface area contributed by atoms with Crippen molar-refractivity contribution in [1.29, 1.82) is 0 Å². The SMILES string of the molecule is NC(=O)CCCCNS(=O)(=O)c1cc(Br)ccc1Br. The first-order valence-corrected chi connectivity index (χ1v) is 8.63. The minimum Gasteiger partial charge on any atom is -0.370 e. The molecule has 3 N–H and O–H groups in total.